The highest BCUT2D eigenvalue weighted by atomic mass is 79.9. The van der Waals surface area contributed by atoms with E-state index in [9.17, 15) is 9.59 Å². The summed E-state index contributed by atoms with van der Waals surface area (Å²) in [6.45, 7) is 20.1. The molecule has 0 radical (unpaired) electrons. The Morgan fingerprint density at radius 2 is 1.14 bits per heavy atom. The van der Waals surface area contributed by atoms with Crippen molar-refractivity contribution < 1.29 is 19.1 Å². The van der Waals surface area contributed by atoms with Gasteiger partial charge in [-0.25, -0.2) is 9.59 Å². The van der Waals surface area contributed by atoms with Gasteiger partial charge >= 0.3 is 12.2 Å². The van der Waals surface area contributed by atoms with E-state index in [0.29, 0.717) is 24.2 Å². The Balaban J connectivity index is 0.000000223. The number of carbonyl (C=O) groups is 2. The molecule has 4 fully saturated rings. The Morgan fingerprint density at radius 3 is 1.49 bits per heavy atom. The Morgan fingerprint density at radius 1 is 0.771 bits per heavy atom. The molecule has 4 aliphatic rings. The lowest BCUT2D eigenvalue weighted by atomic mass is 10.2. The van der Waals surface area contributed by atoms with Crippen molar-refractivity contribution in [1.82, 2.24) is 20.0 Å². The highest BCUT2D eigenvalue weighted by molar-refractivity contribution is 9.09. The zero-order valence-electron chi connectivity index (χ0n) is 23.2. The molecule has 0 aromatic heterocycles. The monoisotopic (exact) mass is 560 g/mol. The summed E-state index contributed by atoms with van der Waals surface area (Å²) in [5, 5.41) is 4.55. The molecule has 4 saturated heterocycles. The molecule has 204 valence electrons. The highest BCUT2D eigenvalue weighted by Crippen LogP contribution is 2.30. The number of nitrogens with one attached hydrogen (secondary N) is 1. The molecule has 4 heterocycles. The van der Waals surface area contributed by atoms with Gasteiger partial charge in [-0.2, -0.15) is 0 Å². The van der Waals surface area contributed by atoms with E-state index in [4.69, 9.17) is 9.47 Å². The lowest BCUT2D eigenvalue weighted by Crippen LogP contribution is -2.55. The fraction of sp³-hybridized carbons (Fsp3) is 0.923. The highest BCUT2D eigenvalue weighted by Gasteiger charge is 2.41. The van der Waals surface area contributed by atoms with Crippen LogP contribution in [0.25, 0.3) is 0 Å². The van der Waals surface area contributed by atoms with Gasteiger partial charge in [-0.05, 0) is 73.8 Å². The maximum absolute atomic E-state index is 12.0. The molecule has 0 aliphatic carbocycles. The van der Waals surface area contributed by atoms with Crippen LogP contribution >= 0.6 is 15.9 Å². The number of halogens is 1. The van der Waals surface area contributed by atoms with Crippen LogP contribution in [0.1, 0.15) is 81.1 Å². The normalized spacial score (nSPS) is 27.9. The summed E-state index contributed by atoms with van der Waals surface area (Å²) in [6.07, 6.45) is 4.50. The molecule has 4 unspecified atom stereocenters. The third-order valence-corrected chi connectivity index (χ3v) is 6.52. The second-order valence-electron chi connectivity index (χ2n) is 11.9. The van der Waals surface area contributed by atoms with E-state index in [0.717, 1.165) is 38.1 Å². The molecule has 0 aromatic rings. The minimum atomic E-state index is -0.391. The molecule has 8 nitrogen and oxygen atoms in total. The molecule has 4 atom stereocenters. The average molecular weight is 562 g/mol. The minimum absolute atomic E-state index is 0.148. The van der Waals surface area contributed by atoms with E-state index in [1.807, 2.05) is 58.3 Å². The van der Waals surface area contributed by atoms with Crippen LogP contribution in [-0.4, -0.2) is 100 Å². The van der Waals surface area contributed by atoms with Crippen LogP contribution in [-0.2, 0) is 9.47 Å². The van der Waals surface area contributed by atoms with E-state index < -0.39 is 5.60 Å². The van der Waals surface area contributed by atoms with Crippen molar-refractivity contribution in [3.8, 4) is 0 Å². The average Bonchev–Trinajstić information content (AvgIpc) is 3.19. The quantitative estimate of drug-likeness (QED) is 0.462. The topological polar surface area (TPSA) is 74.4 Å². The number of rotatable bonds is 1. The summed E-state index contributed by atoms with van der Waals surface area (Å²) < 4.78 is 10.8. The van der Waals surface area contributed by atoms with Crippen molar-refractivity contribution >= 4 is 28.1 Å². The largest absolute Gasteiger partial charge is 0.444 e. The van der Waals surface area contributed by atoms with Crippen molar-refractivity contribution in [3.05, 3.63) is 0 Å². The molecule has 1 N–H and O–H groups in total. The second kappa shape index (κ2) is 13.0. The third-order valence-electron chi connectivity index (χ3n) is 6.52. The molecule has 9 heteroatoms. The zero-order valence-corrected chi connectivity index (χ0v) is 24.8. The van der Waals surface area contributed by atoms with E-state index in [2.05, 4.69) is 33.1 Å². The van der Waals surface area contributed by atoms with Gasteiger partial charge in [0.15, 0.2) is 0 Å². The number of hydrogen-bond donors (Lipinski definition) is 1. The number of nitrogens with zero attached hydrogens (tertiary/aromatic N) is 3. The SMILES string of the molecule is CC(C)(C)OC(=O)N1CC2CCC(C1)N2.CCBr.CCN1C2CCC1CN(C(=O)OC(C)(C)C)C2. The van der Waals surface area contributed by atoms with Crippen LogP contribution in [0.2, 0.25) is 0 Å². The fourth-order valence-electron chi connectivity index (χ4n) is 5.25. The summed E-state index contributed by atoms with van der Waals surface area (Å²) in [5.41, 5.74) is -0.779. The Labute approximate surface area is 221 Å². The van der Waals surface area contributed by atoms with Gasteiger partial charge in [0.1, 0.15) is 11.2 Å². The van der Waals surface area contributed by atoms with E-state index in [-0.39, 0.29) is 17.8 Å². The first-order valence-corrected chi connectivity index (χ1v) is 14.4. The Hall–Kier alpha value is -1.06. The van der Waals surface area contributed by atoms with Gasteiger partial charge < -0.3 is 24.6 Å². The molecule has 4 bridgehead atoms. The first-order valence-electron chi connectivity index (χ1n) is 13.3. The predicted octanol–water partition coefficient (Wildman–Crippen LogP) is 4.85. The van der Waals surface area contributed by atoms with Gasteiger partial charge in [0.25, 0.3) is 0 Å². The van der Waals surface area contributed by atoms with E-state index in [1.165, 1.54) is 25.7 Å². The lowest BCUT2D eigenvalue weighted by molar-refractivity contribution is 0.00231. The molecule has 0 saturated carbocycles. The van der Waals surface area contributed by atoms with Crippen LogP contribution in [0.3, 0.4) is 0 Å². The van der Waals surface area contributed by atoms with Crippen LogP contribution in [0.15, 0.2) is 0 Å². The van der Waals surface area contributed by atoms with Gasteiger partial charge in [0.05, 0.1) is 0 Å². The van der Waals surface area contributed by atoms with Crippen LogP contribution in [0, 0.1) is 0 Å². The lowest BCUT2D eigenvalue weighted by Gasteiger charge is -2.40. The summed E-state index contributed by atoms with van der Waals surface area (Å²) in [6, 6.07) is 2.06. The van der Waals surface area contributed by atoms with Gasteiger partial charge in [-0.15, -0.1) is 0 Å². The molecule has 4 aliphatic heterocycles. The van der Waals surface area contributed by atoms with Gasteiger partial charge in [0, 0.05) is 55.7 Å². The molecule has 35 heavy (non-hydrogen) atoms. The van der Waals surface area contributed by atoms with Crippen molar-refractivity contribution in [2.45, 2.75) is 116 Å². The molecule has 0 aromatic carbocycles. The summed E-state index contributed by atoms with van der Waals surface area (Å²) >= 11 is 3.15. The number of likely N-dealkylation sites (N-methyl/N-ethyl adjacent to an activating group) is 1. The van der Waals surface area contributed by atoms with Crippen molar-refractivity contribution in [3.63, 3.8) is 0 Å². The molecular weight excluding hydrogens is 512 g/mol. The standard InChI is InChI=1S/C13H24N2O2.C11H20N2O2.C2H5Br/c1-5-15-10-6-7-11(15)9-14(8-10)12(16)17-13(2,3)4;1-11(2,3)15-10(14)13-6-8-4-5-9(7-13)12-8;1-2-3/h10-11H,5-9H2,1-4H3;8-9,12H,4-7H2,1-3H3;2H2,1H3. The van der Waals surface area contributed by atoms with Crippen molar-refractivity contribution in [2.24, 2.45) is 0 Å². The number of carbonyl (C=O) groups excluding carboxylic acids is 2. The fourth-order valence-corrected chi connectivity index (χ4v) is 5.25. The Kier molecular flexibility index (Phi) is 11.2. The third kappa shape index (κ3) is 9.73. The number of amides is 2. The van der Waals surface area contributed by atoms with Gasteiger partial charge in [-0.1, -0.05) is 29.8 Å². The van der Waals surface area contributed by atoms with Gasteiger partial charge in [0.2, 0.25) is 0 Å². The number of likely N-dealkylation sites (tertiary alicyclic amines) is 2. The number of hydrogen-bond acceptors (Lipinski definition) is 6. The summed E-state index contributed by atoms with van der Waals surface area (Å²) in [5.74, 6) is 0. The number of ether oxygens (including phenoxy) is 2. The number of fused-ring (bicyclic) bond motifs is 4. The summed E-state index contributed by atoms with van der Waals surface area (Å²) in [7, 11) is 0. The van der Waals surface area contributed by atoms with Crippen LogP contribution < -0.4 is 5.32 Å². The molecule has 0 spiro atoms. The molecule has 2 amide bonds. The first-order chi connectivity index (χ1) is 16.3. The Bertz CT molecular complexity index is 668. The van der Waals surface area contributed by atoms with Crippen molar-refractivity contribution in [2.75, 3.05) is 38.1 Å². The second-order valence-corrected chi connectivity index (χ2v) is 13.0. The van der Waals surface area contributed by atoms with Gasteiger partial charge in [-0.3, -0.25) is 4.90 Å². The molecular formula is C26H49BrN4O4. The smallest absolute Gasteiger partial charge is 0.410 e. The van der Waals surface area contributed by atoms with Crippen LogP contribution in [0.4, 0.5) is 9.59 Å². The first kappa shape index (κ1) is 30.2. The maximum atomic E-state index is 12.0. The number of piperazine rings is 2. The van der Waals surface area contributed by atoms with Crippen molar-refractivity contribution in [1.29, 1.82) is 0 Å². The van der Waals surface area contributed by atoms with E-state index >= 15 is 0 Å². The summed E-state index contributed by atoms with van der Waals surface area (Å²) in [4.78, 5) is 30.1. The molecule has 4 rings (SSSR count). The predicted molar refractivity (Wildman–Crippen MR) is 144 cm³/mol. The number of alkyl halides is 1. The van der Waals surface area contributed by atoms with E-state index in [1.54, 1.807) is 0 Å². The minimum Gasteiger partial charge on any atom is -0.444 e. The van der Waals surface area contributed by atoms with Crippen LogP contribution in [0.5, 0.6) is 0 Å². The zero-order chi connectivity index (χ0) is 26.4. The maximum Gasteiger partial charge on any atom is 0.410 e.